The van der Waals surface area contributed by atoms with Gasteiger partial charge in [0, 0.05) is 55.0 Å². The molecule has 0 radical (unpaired) electrons. The molecule has 1 fully saturated rings. The second-order valence-electron chi connectivity index (χ2n) is 15.3. The first kappa shape index (κ1) is 42.3. The summed E-state index contributed by atoms with van der Waals surface area (Å²) >= 11 is 0. The lowest BCUT2D eigenvalue weighted by molar-refractivity contribution is -0.880. The summed E-state index contributed by atoms with van der Waals surface area (Å²) in [7, 11) is 6.29. The number of methoxy groups -OCH3 is 2. The van der Waals surface area contributed by atoms with Crippen LogP contribution in [0.5, 0.6) is 11.5 Å². The Morgan fingerprint density at radius 3 is 2.41 bits per heavy atom. The molecule has 0 atom stereocenters. The van der Waals surface area contributed by atoms with Gasteiger partial charge in [-0.15, -0.1) is 0 Å². The van der Waals surface area contributed by atoms with E-state index in [2.05, 4.69) is 20.2 Å². The van der Waals surface area contributed by atoms with Crippen LogP contribution in [0.1, 0.15) is 17.5 Å². The van der Waals surface area contributed by atoms with Crippen molar-refractivity contribution in [2.24, 2.45) is 4.99 Å². The molecule has 61 heavy (non-hydrogen) atoms. The number of halogens is 2. The standard InChI is InChI=1S/C44H44F2N8O7/c1-54(2,27-30-14-15-47-41(30)53(57)58)18-6-9-34(55)22-28-7-5-8-29(21-28)26-52-42-31(23-35(43(52)56)38-39(45)36(59-3)24-37(60-4)40(38)46)25-48-44(50-42)49-32-10-12-33(13-11-32)51-16-19-61-20-17-51/h5-13,15,21,23-25H,14,16-20,22,26-27H2,1-4H3/p+1/b9-6+. The van der Waals surface area contributed by atoms with Gasteiger partial charge in [-0.3, -0.25) is 14.2 Å². The number of pyridine rings is 1. The summed E-state index contributed by atoms with van der Waals surface area (Å²) in [6.45, 7) is 3.67. The van der Waals surface area contributed by atoms with Crippen LogP contribution >= 0.6 is 0 Å². The first-order valence-electron chi connectivity index (χ1n) is 19.5. The maximum absolute atomic E-state index is 15.9. The number of benzene rings is 3. The van der Waals surface area contributed by atoms with Crippen molar-refractivity contribution in [1.29, 1.82) is 0 Å². The number of rotatable bonds is 16. The molecule has 7 rings (SSSR count). The average Bonchev–Trinajstić information content (AvgIpc) is 3.71. The van der Waals surface area contributed by atoms with Gasteiger partial charge >= 0.3 is 5.82 Å². The van der Waals surface area contributed by atoms with Crippen molar-refractivity contribution in [3.8, 4) is 22.6 Å². The number of nitro groups is 1. The number of morpholine rings is 1. The Labute approximate surface area is 350 Å². The largest absolute Gasteiger partial charge is 0.494 e. The van der Waals surface area contributed by atoms with E-state index < -0.39 is 27.7 Å². The van der Waals surface area contributed by atoms with Crippen molar-refractivity contribution in [3.63, 3.8) is 0 Å². The third-order valence-electron chi connectivity index (χ3n) is 10.4. The van der Waals surface area contributed by atoms with E-state index in [1.807, 2.05) is 38.4 Å². The Hall–Kier alpha value is -6.85. The topological polar surface area (TPSA) is 163 Å². The maximum Gasteiger partial charge on any atom is 0.368 e. The molecule has 15 nitrogen and oxygen atoms in total. The third kappa shape index (κ3) is 9.63. The van der Waals surface area contributed by atoms with Gasteiger partial charge in [-0.25, -0.2) is 13.8 Å². The summed E-state index contributed by atoms with van der Waals surface area (Å²) in [6, 6.07) is 17.3. The van der Waals surface area contributed by atoms with Gasteiger partial charge in [-0.2, -0.15) is 4.98 Å². The fourth-order valence-corrected chi connectivity index (χ4v) is 7.44. The van der Waals surface area contributed by atoms with Crippen LogP contribution in [0.15, 0.2) is 100 Å². The Kier molecular flexibility index (Phi) is 12.6. The van der Waals surface area contributed by atoms with E-state index in [0.29, 0.717) is 65.0 Å². The minimum absolute atomic E-state index is 0.0541. The number of carbonyl (C=O) groups excluding carboxylic acids is 1. The van der Waals surface area contributed by atoms with Crippen molar-refractivity contribution in [3.05, 3.63) is 134 Å². The normalized spacial score (nSPS) is 14.3. The highest BCUT2D eigenvalue weighted by Crippen LogP contribution is 2.37. The summed E-state index contributed by atoms with van der Waals surface area (Å²) in [4.78, 5) is 53.9. The third-order valence-corrected chi connectivity index (χ3v) is 10.4. The van der Waals surface area contributed by atoms with Gasteiger partial charge in [-0.05, 0) is 58.5 Å². The number of likely N-dealkylation sites (N-methyl/N-ethyl adjacent to an activating group) is 1. The van der Waals surface area contributed by atoms with Crippen molar-refractivity contribution in [2.45, 2.75) is 19.4 Å². The van der Waals surface area contributed by atoms with Crippen LogP contribution in [0.4, 0.5) is 26.1 Å². The zero-order chi connectivity index (χ0) is 43.3. The maximum atomic E-state index is 15.9. The lowest BCUT2D eigenvalue weighted by Gasteiger charge is -2.28. The number of nitrogens with zero attached hydrogens (tertiary/aromatic N) is 7. The van der Waals surface area contributed by atoms with Gasteiger partial charge in [0.15, 0.2) is 28.9 Å². The lowest BCUT2D eigenvalue weighted by atomic mass is 10.0. The molecular formula is C44H45F2N8O7+. The molecule has 4 heterocycles. The molecule has 0 bridgehead atoms. The number of aliphatic imine (C=N–C) groups is 1. The Bertz CT molecular complexity index is 2610. The second kappa shape index (κ2) is 18.2. The van der Waals surface area contributed by atoms with Crippen molar-refractivity contribution in [2.75, 3.05) is 77.9 Å². The first-order valence-corrected chi connectivity index (χ1v) is 19.5. The molecule has 0 unspecified atom stereocenters. The van der Waals surface area contributed by atoms with Gasteiger partial charge < -0.3 is 39.0 Å². The monoisotopic (exact) mass is 835 g/mol. The summed E-state index contributed by atoms with van der Waals surface area (Å²) < 4.78 is 49.3. The molecule has 5 aromatic rings. The highest BCUT2D eigenvalue weighted by molar-refractivity contribution is 5.91. The van der Waals surface area contributed by atoms with Gasteiger partial charge in [0.1, 0.15) is 18.4 Å². The molecule has 316 valence electrons. The number of nitrogens with one attached hydrogen (secondary N) is 1. The molecule has 0 aliphatic carbocycles. The van der Waals surface area contributed by atoms with E-state index in [9.17, 15) is 19.7 Å². The predicted molar refractivity (Wildman–Crippen MR) is 227 cm³/mol. The number of quaternary nitrogens is 1. The number of allylic oxidation sites excluding steroid dienone is 1. The molecule has 0 amide bonds. The molecule has 17 heteroatoms. The summed E-state index contributed by atoms with van der Waals surface area (Å²) in [5.74, 6) is -2.89. The molecular weight excluding hydrogens is 791 g/mol. The van der Waals surface area contributed by atoms with Gasteiger partial charge in [0.05, 0.1) is 71.3 Å². The molecule has 1 N–H and O–H groups in total. The number of aromatic nitrogens is 3. The zero-order valence-corrected chi connectivity index (χ0v) is 34.2. The predicted octanol–water partition coefficient (Wildman–Crippen LogP) is 6.09. The molecule has 1 saturated heterocycles. The van der Waals surface area contributed by atoms with E-state index in [0.717, 1.165) is 24.8 Å². The minimum atomic E-state index is -1.08. The van der Waals surface area contributed by atoms with E-state index in [-0.39, 0.29) is 53.2 Å². The quantitative estimate of drug-likeness (QED) is 0.0530. The molecule has 0 saturated carbocycles. The highest BCUT2D eigenvalue weighted by atomic mass is 19.1. The SMILES string of the molecule is COc1cc(OC)c(F)c(-c2cc3cnc(Nc4ccc(N5CCOCC5)cc4)nc3n(Cc3cccc(CC(=O)/C=C/C[N+](C)(C)CC4=C([N+](=O)[O-])N=CC4)c3)c2=O)c1F. The van der Waals surface area contributed by atoms with Crippen LogP contribution in [0, 0.1) is 21.7 Å². The smallest absolute Gasteiger partial charge is 0.368 e. The summed E-state index contributed by atoms with van der Waals surface area (Å²) in [5, 5.41) is 14.9. The zero-order valence-electron chi connectivity index (χ0n) is 34.2. The number of hydrogen-bond donors (Lipinski definition) is 1. The Morgan fingerprint density at radius 1 is 1.02 bits per heavy atom. The van der Waals surface area contributed by atoms with E-state index in [1.165, 1.54) is 43.3 Å². The van der Waals surface area contributed by atoms with Crippen LogP contribution in [0.25, 0.3) is 22.2 Å². The molecule has 2 aliphatic rings. The molecule has 2 aromatic heterocycles. The van der Waals surface area contributed by atoms with Crippen LogP contribution in [-0.4, -0.2) is 104 Å². The number of ether oxygens (including phenoxy) is 3. The van der Waals surface area contributed by atoms with Crippen LogP contribution < -0.4 is 25.2 Å². The summed E-state index contributed by atoms with van der Waals surface area (Å²) in [5.41, 5.74) is 2.21. The van der Waals surface area contributed by atoms with Gasteiger partial charge in [0.25, 0.3) is 5.56 Å². The van der Waals surface area contributed by atoms with Gasteiger partial charge in [-0.1, -0.05) is 29.3 Å². The van der Waals surface area contributed by atoms with Crippen molar-refractivity contribution in [1.82, 2.24) is 14.5 Å². The number of hydrogen-bond acceptors (Lipinski definition) is 12. The second-order valence-corrected chi connectivity index (χ2v) is 15.3. The van der Waals surface area contributed by atoms with E-state index >= 15 is 8.78 Å². The summed E-state index contributed by atoms with van der Waals surface area (Å²) in [6.07, 6.45) is 6.72. The average molecular weight is 836 g/mol. The van der Waals surface area contributed by atoms with Gasteiger partial charge in [0.2, 0.25) is 5.95 Å². The number of ketones is 1. The Balaban J connectivity index is 1.18. The first-order chi connectivity index (χ1) is 29.3. The lowest BCUT2D eigenvalue weighted by Crippen LogP contribution is -2.41. The number of fused-ring (bicyclic) bond motifs is 1. The molecule has 0 spiro atoms. The highest BCUT2D eigenvalue weighted by Gasteiger charge is 2.29. The minimum Gasteiger partial charge on any atom is -0.494 e. The van der Waals surface area contributed by atoms with Crippen LogP contribution in [0.3, 0.4) is 0 Å². The number of carbonyl (C=O) groups is 1. The Morgan fingerprint density at radius 2 is 1.72 bits per heavy atom. The van der Waals surface area contributed by atoms with Crippen LogP contribution in [-0.2, 0) is 22.5 Å². The van der Waals surface area contributed by atoms with Crippen molar-refractivity contribution >= 4 is 40.4 Å². The van der Waals surface area contributed by atoms with E-state index in [4.69, 9.17) is 19.2 Å². The van der Waals surface area contributed by atoms with Crippen molar-refractivity contribution < 1.29 is 37.2 Å². The number of anilines is 3. The molecule has 3 aromatic carbocycles. The fourth-order valence-electron chi connectivity index (χ4n) is 7.44. The van der Waals surface area contributed by atoms with E-state index in [1.54, 1.807) is 30.3 Å². The fraction of sp³-hybridized carbons (Fsp3) is 0.295. The van der Waals surface area contributed by atoms with Crippen LogP contribution in [0.2, 0.25) is 0 Å². The molecule has 2 aliphatic heterocycles.